The Morgan fingerprint density at radius 1 is 0.951 bits per heavy atom. The SMILES string of the molecule is BC1(Oc2ccc3c(c2)OC(B)(B)C(B)(B)O3)CCN(c2nn3c(=O)cc(CC4CCCC4)nc3c(C)c2C)CC1. The molecule has 210 valence electrons. The van der Waals surface area contributed by atoms with Crippen LogP contribution in [0.1, 0.15) is 55.3 Å². The second-order valence-electron chi connectivity index (χ2n) is 13.6. The molecular weight excluding hydrogens is 510 g/mol. The molecule has 1 aromatic carbocycles. The van der Waals surface area contributed by atoms with Crippen molar-refractivity contribution < 1.29 is 14.2 Å². The first-order chi connectivity index (χ1) is 19.3. The number of hydrogen-bond acceptors (Lipinski definition) is 7. The van der Waals surface area contributed by atoms with Crippen LogP contribution in [0.5, 0.6) is 17.2 Å². The quantitative estimate of drug-likeness (QED) is 0.380. The van der Waals surface area contributed by atoms with E-state index in [0.29, 0.717) is 17.3 Å². The largest absolute Gasteiger partial charge is 0.499 e. The molecule has 0 bridgehead atoms. The van der Waals surface area contributed by atoms with Gasteiger partial charge in [-0.2, -0.15) is 4.52 Å². The van der Waals surface area contributed by atoms with Crippen molar-refractivity contribution in [3.05, 3.63) is 51.4 Å². The lowest BCUT2D eigenvalue weighted by Crippen LogP contribution is -2.65. The summed E-state index contributed by atoms with van der Waals surface area (Å²) < 4.78 is 20.6. The van der Waals surface area contributed by atoms with E-state index in [2.05, 4.69) is 26.6 Å². The summed E-state index contributed by atoms with van der Waals surface area (Å²) in [5.41, 5.74) is 3.26. The fraction of sp³-hybridized carbons (Fsp3) is 0.536. The predicted octanol–water partition coefficient (Wildman–Crippen LogP) is -0.941. The number of nitrogens with zero attached hydrogens (tertiary/aromatic N) is 4. The van der Waals surface area contributed by atoms with E-state index in [1.54, 1.807) is 6.07 Å². The molecule has 4 heterocycles. The molecule has 2 aliphatic heterocycles. The van der Waals surface area contributed by atoms with Crippen LogP contribution in [-0.4, -0.2) is 83.2 Å². The number of aromatic nitrogens is 3. The summed E-state index contributed by atoms with van der Waals surface area (Å²) in [5, 5.41) is 3.93. The summed E-state index contributed by atoms with van der Waals surface area (Å²) in [6, 6.07) is 7.54. The van der Waals surface area contributed by atoms with Crippen molar-refractivity contribution in [2.75, 3.05) is 18.0 Å². The molecule has 0 spiro atoms. The highest BCUT2D eigenvalue weighted by molar-refractivity contribution is 6.53. The van der Waals surface area contributed by atoms with Gasteiger partial charge in [0.1, 0.15) is 37.1 Å². The van der Waals surface area contributed by atoms with Gasteiger partial charge < -0.3 is 19.1 Å². The first-order valence-electron chi connectivity index (χ1n) is 15.2. The summed E-state index contributed by atoms with van der Waals surface area (Å²) in [4.78, 5) is 20.3. The van der Waals surface area contributed by atoms with E-state index >= 15 is 0 Å². The Labute approximate surface area is 247 Å². The average molecular weight is 550 g/mol. The second-order valence-corrected chi connectivity index (χ2v) is 13.6. The molecule has 1 aliphatic carbocycles. The van der Waals surface area contributed by atoms with Gasteiger partial charge >= 0.3 is 0 Å². The van der Waals surface area contributed by atoms with Crippen molar-refractivity contribution >= 4 is 50.7 Å². The molecule has 3 aliphatic rings. The minimum atomic E-state index is -0.467. The van der Waals surface area contributed by atoms with Gasteiger partial charge in [0.15, 0.2) is 30.8 Å². The zero-order valence-electron chi connectivity index (χ0n) is 25.7. The van der Waals surface area contributed by atoms with Gasteiger partial charge in [-0.3, -0.25) is 4.79 Å². The third-order valence-electron chi connectivity index (χ3n) is 9.93. The molecule has 0 N–H and O–H groups in total. The van der Waals surface area contributed by atoms with Gasteiger partial charge in [-0.1, -0.05) is 25.7 Å². The molecular formula is C28H39B5N4O4. The third kappa shape index (κ3) is 5.25. The molecule has 1 saturated heterocycles. The maximum atomic E-state index is 13.2. The van der Waals surface area contributed by atoms with Crippen LogP contribution >= 0.6 is 0 Å². The number of hydrogen-bond donors (Lipinski definition) is 0. The Balaban J connectivity index is 1.18. The first-order valence-corrected chi connectivity index (χ1v) is 15.2. The average Bonchev–Trinajstić information content (AvgIpc) is 3.41. The van der Waals surface area contributed by atoms with E-state index in [0.717, 1.165) is 66.5 Å². The standard InChI is InChI=1S/C28H39B5N4O4/c1-16-17(2)25(35-37-23(38)14-19(34-24(16)37)13-18-5-3-4-6-18)36-11-9-26(29,10-12-36)39-20-7-8-21-22(15-20)41-28(32,33)27(30,31)40-21/h7-8,14-15,18H,3-6,9-13,29-33H2,1-2H3. The maximum Gasteiger partial charge on any atom is 0.274 e. The lowest BCUT2D eigenvalue weighted by Gasteiger charge is -2.47. The van der Waals surface area contributed by atoms with Gasteiger partial charge in [-0.15, -0.1) is 5.10 Å². The normalized spacial score (nSPS) is 21.2. The number of piperidine rings is 1. The third-order valence-corrected chi connectivity index (χ3v) is 9.93. The highest BCUT2D eigenvalue weighted by Crippen LogP contribution is 2.42. The molecule has 2 fully saturated rings. The Morgan fingerprint density at radius 2 is 1.61 bits per heavy atom. The number of ether oxygens (including phenoxy) is 3. The summed E-state index contributed by atoms with van der Waals surface area (Å²) in [6.45, 7) is 5.71. The monoisotopic (exact) mass is 550 g/mol. The van der Waals surface area contributed by atoms with E-state index in [-0.39, 0.29) is 11.1 Å². The molecule has 0 atom stereocenters. The van der Waals surface area contributed by atoms with E-state index in [1.807, 2.05) is 49.6 Å². The molecule has 6 rings (SSSR count). The Bertz CT molecular complexity index is 1550. The van der Waals surface area contributed by atoms with Gasteiger partial charge in [0, 0.05) is 42.0 Å². The Hall–Kier alpha value is -2.97. The van der Waals surface area contributed by atoms with Crippen LogP contribution in [-0.2, 0) is 6.42 Å². The number of fused-ring (bicyclic) bond motifs is 2. The van der Waals surface area contributed by atoms with Gasteiger partial charge in [0.05, 0.1) is 16.3 Å². The number of anilines is 1. The van der Waals surface area contributed by atoms with Gasteiger partial charge in [0.25, 0.3) is 5.56 Å². The van der Waals surface area contributed by atoms with Crippen molar-refractivity contribution in [3.8, 4) is 17.2 Å². The lowest BCUT2D eigenvalue weighted by atomic mass is 9.41. The molecule has 41 heavy (non-hydrogen) atoms. The highest BCUT2D eigenvalue weighted by atomic mass is 16.6. The van der Waals surface area contributed by atoms with E-state index in [4.69, 9.17) is 24.3 Å². The number of aryl methyl sites for hydroxylation is 1. The van der Waals surface area contributed by atoms with Crippen molar-refractivity contribution in [1.82, 2.24) is 14.6 Å². The van der Waals surface area contributed by atoms with Crippen LogP contribution in [0.25, 0.3) is 5.65 Å². The first kappa shape index (κ1) is 28.2. The summed E-state index contributed by atoms with van der Waals surface area (Å²) in [7, 11) is 10.4. The zero-order chi connectivity index (χ0) is 29.2. The smallest absolute Gasteiger partial charge is 0.274 e. The van der Waals surface area contributed by atoms with Crippen LogP contribution in [0.4, 0.5) is 5.82 Å². The second kappa shape index (κ2) is 10.1. The minimum absolute atomic E-state index is 0.0947. The summed E-state index contributed by atoms with van der Waals surface area (Å²) >= 11 is 0. The van der Waals surface area contributed by atoms with Crippen LogP contribution in [0.2, 0.25) is 0 Å². The van der Waals surface area contributed by atoms with Gasteiger partial charge in [-0.25, -0.2) is 4.98 Å². The van der Waals surface area contributed by atoms with E-state index < -0.39 is 10.8 Å². The van der Waals surface area contributed by atoms with Crippen molar-refractivity contribution in [2.45, 2.75) is 75.1 Å². The van der Waals surface area contributed by atoms with Crippen molar-refractivity contribution in [3.63, 3.8) is 0 Å². The Kier molecular flexibility index (Phi) is 6.93. The number of rotatable bonds is 5. The molecule has 3 aromatic rings. The van der Waals surface area contributed by atoms with Crippen molar-refractivity contribution in [2.24, 2.45) is 5.92 Å². The molecule has 1 saturated carbocycles. The Morgan fingerprint density at radius 3 is 2.29 bits per heavy atom. The lowest BCUT2D eigenvalue weighted by molar-refractivity contribution is 0.0603. The number of benzene rings is 1. The molecule has 13 heteroatoms. The van der Waals surface area contributed by atoms with Gasteiger partial charge in [0.2, 0.25) is 0 Å². The van der Waals surface area contributed by atoms with Gasteiger partial charge in [-0.05, 0) is 51.2 Å². The van der Waals surface area contributed by atoms with E-state index in [1.165, 1.54) is 30.2 Å². The van der Waals surface area contributed by atoms with Crippen LogP contribution < -0.4 is 24.7 Å². The van der Waals surface area contributed by atoms with Crippen LogP contribution in [0.15, 0.2) is 29.1 Å². The van der Waals surface area contributed by atoms with Crippen molar-refractivity contribution in [1.29, 1.82) is 0 Å². The fourth-order valence-corrected chi connectivity index (χ4v) is 6.37. The topological polar surface area (TPSA) is 78.2 Å². The van der Waals surface area contributed by atoms with Crippen LogP contribution in [0, 0.1) is 19.8 Å². The minimum Gasteiger partial charge on any atom is -0.499 e. The predicted molar refractivity (Wildman–Crippen MR) is 175 cm³/mol. The maximum absolute atomic E-state index is 13.2. The molecule has 0 radical (unpaired) electrons. The molecule has 2 aromatic heterocycles. The highest BCUT2D eigenvalue weighted by Gasteiger charge is 2.44. The zero-order valence-corrected chi connectivity index (χ0v) is 25.7. The molecule has 0 amide bonds. The van der Waals surface area contributed by atoms with Crippen LogP contribution in [0.3, 0.4) is 0 Å². The summed E-state index contributed by atoms with van der Waals surface area (Å²) in [5.74, 6) is 3.73. The summed E-state index contributed by atoms with van der Waals surface area (Å²) in [6.07, 6.45) is 7.58. The van der Waals surface area contributed by atoms with E-state index in [9.17, 15) is 4.79 Å². The molecule has 0 unspecified atom stereocenters. The molecule has 8 nitrogen and oxygen atoms in total. The fourth-order valence-electron chi connectivity index (χ4n) is 6.37.